The van der Waals surface area contributed by atoms with Gasteiger partial charge in [-0.15, -0.1) is 5.10 Å². The smallest absolute Gasteiger partial charge is 0.394 e. The number of carbonyl (C=O) groups excluding carboxylic acids is 1. The highest BCUT2D eigenvalue weighted by molar-refractivity contribution is 7.90. The molecule has 6 rings (SSSR count). The number of fused-ring (bicyclic) bond motifs is 6. The molecule has 1 aliphatic carbocycles. The minimum Gasteiger partial charge on any atom is -0.477 e. The monoisotopic (exact) mass is 619 g/mol. The maximum atomic E-state index is 13.5. The summed E-state index contributed by atoms with van der Waals surface area (Å²) in [4.78, 5) is 24.4. The molecule has 15 heteroatoms. The highest BCUT2D eigenvalue weighted by Gasteiger charge is 2.62. The lowest BCUT2D eigenvalue weighted by Gasteiger charge is -2.34. The van der Waals surface area contributed by atoms with Gasteiger partial charge in [0.05, 0.1) is 17.6 Å². The third-order valence-corrected chi connectivity index (χ3v) is 9.72. The van der Waals surface area contributed by atoms with Crippen molar-refractivity contribution in [3.8, 4) is 11.7 Å². The molecule has 2 fully saturated rings. The molecule has 4 bridgehead atoms. The molecule has 0 radical (unpaired) electrons. The van der Waals surface area contributed by atoms with Crippen LogP contribution in [-0.4, -0.2) is 65.5 Å². The number of nitrogens with one attached hydrogen (secondary N) is 2. The second-order valence-electron chi connectivity index (χ2n) is 12.0. The fraction of sp³-hybridized carbons (Fsp3) is 0.500. The van der Waals surface area contributed by atoms with E-state index in [1.165, 1.54) is 28.9 Å². The summed E-state index contributed by atoms with van der Waals surface area (Å²) in [6.07, 6.45) is -1.01. The number of aromatic nitrogens is 4. The highest BCUT2D eigenvalue weighted by atomic mass is 32.2. The third-order valence-electron chi connectivity index (χ3n) is 8.49. The molecule has 43 heavy (non-hydrogen) atoms. The van der Waals surface area contributed by atoms with E-state index in [0.717, 1.165) is 12.8 Å². The third kappa shape index (κ3) is 5.74. The largest absolute Gasteiger partial charge is 0.477 e. The van der Waals surface area contributed by atoms with Gasteiger partial charge in [0.2, 0.25) is 5.88 Å². The van der Waals surface area contributed by atoms with Gasteiger partial charge in [-0.05, 0) is 76.1 Å². The Hall–Kier alpha value is -3.88. The second-order valence-corrected chi connectivity index (χ2v) is 13.6. The van der Waals surface area contributed by atoms with Gasteiger partial charge >= 0.3 is 6.18 Å². The normalized spacial score (nSPS) is 22.1. The van der Waals surface area contributed by atoms with Crippen LogP contribution in [-0.2, 0) is 10.0 Å². The fourth-order valence-electron chi connectivity index (χ4n) is 5.89. The number of sulfonamides is 1. The predicted molar refractivity (Wildman–Crippen MR) is 151 cm³/mol. The van der Waals surface area contributed by atoms with Crippen molar-refractivity contribution in [2.45, 2.75) is 62.7 Å². The Labute approximate surface area is 246 Å². The standard InChI is InChI=1S/C28H32F3N7O4S/c1-26(2)16-18-8-13-32-20-4-3-5-23(33-20)43(40,41)36-25(39)19-6-7-21(34-24(19)37(26)17-18)38-14-9-22(35-38)42-15-12-27(10-11-27)28(29,30)31/h3-7,9,14,18H,8,10-13,15-17H2,1-2H3,(H,32,33)(H,36,39). The predicted octanol–water partition coefficient (Wildman–Crippen LogP) is 4.31. The van der Waals surface area contributed by atoms with E-state index < -0.39 is 33.1 Å². The molecule has 2 N–H and O–H groups in total. The van der Waals surface area contributed by atoms with Crippen LogP contribution < -0.4 is 19.7 Å². The molecule has 1 saturated carbocycles. The van der Waals surface area contributed by atoms with Crippen LogP contribution in [0.1, 0.15) is 56.3 Å². The first-order chi connectivity index (χ1) is 20.3. The van der Waals surface area contributed by atoms with Crippen molar-refractivity contribution in [1.29, 1.82) is 0 Å². The summed E-state index contributed by atoms with van der Waals surface area (Å²) < 4.78 is 75.0. The quantitative estimate of drug-likeness (QED) is 0.429. The van der Waals surface area contributed by atoms with Crippen LogP contribution in [0.5, 0.6) is 5.88 Å². The Morgan fingerprint density at radius 2 is 1.91 bits per heavy atom. The van der Waals surface area contributed by atoms with Gasteiger partial charge in [-0.1, -0.05) is 6.07 Å². The number of hydrogen-bond acceptors (Lipinski definition) is 9. The summed E-state index contributed by atoms with van der Waals surface area (Å²) in [7, 11) is -4.29. The molecular formula is C28H32F3N7O4S. The number of halogens is 3. The van der Waals surface area contributed by atoms with Crippen molar-refractivity contribution in [2.75, 3.05) is 29.9 Å². The number of alkyl halides is 3. The molecule has 1 saturated heterocycles. The molecular weight excluding hydrogens is 587 g/mol. The number of amides is 1. The lowest BCUT2D eigenvalue weighted by Crippen LogP contribution is -2.41. The molecule has 2 aliphatic heterocycles. The van der Waals surface area contributed by atoms with Gasteiger partial charge in [0.25, 0.3) is 15.9 Å². The van der Waals surface area contributed by atoms with Gasteiger partial charge < -0.3 is 15.0 Å². The SMILES string of the molecule is CC1(C)CC2CCNc3cccc(n3)S(=O)(=O)NC(=O)c3ccc(-n4ccc(OCCC5(C(F)(F)F)CC5)n4)nc3N1C2. The summed E-state index contributed by atoms with van der Waals surface area (Å²) in [5, 5.41) is 7.22. The van der Waals surface area contributed by atoms with Crippen LogP contribution in [0.4, 0.5) is 24.8 Å². The van der Waals surface area contributed by atoms with Gasteiger partial charge in [0.1, 0.15) is 11.6 Å². The molecule has 3 aromatic heterocycles. The molecule has 5 heterocycles. The number of carbonyl (C=O) groups is 1. The average molecular weight is 620 g/mol. The molecule has 1 amide bonds. The zero-order chi connectivity index (χ0) is 30.6. The van der Waals surface area contributed by atoms with Crippen LogP contribution in [0.3, 0.4) is 0 Å². The summed E-state index contributed by atoms with van der Waals surface area (Å²) >= 11 is 0. The lowest BCUT2D eigenvalue weighted by molar-refractivity contribution is -0.190. The van der Waals surface area contributed by atoms with Crippen molar-refractivity contribution in [3.63, 3.8) is 0 Å². The summed E-state index contributed by atoms with van der Waals surface area (Å²) in [5.74, 6) is 0.581. The van der Waals surface area contributed by atoms with Crippen molar-refractivity contribution >= 4 is 27.6 Å². The highest BCUT2D eigenvalue weighted by Crippen LogP contribution is 2.59. The van der Waals surface area contributed by atoms with Gasteiger partial charge in [-0.2, -0.15) is 21.6 Å². The Morgan fingerprint density at radius 1 is 1.12 bits per heavy atom. The molecule has 3 aromatic rings. The van der Waals surface area contributed by atoms with Crippen LogP contribution in [0.2, 0.25) is 0 Å². The maximum absolute atomic E-state index is 13.5. The van der Waals surface area contributed by atoms with Crippen LogP contribution in [0, 0.1) is 11.3 Å². The number of pyridine rings is 2. The minimum atomic E-state index is -4.29. The molecule has 0 spiro atoms. The molecule has 230 valence electrons. The van der Waals surface area contributed by atoms with Crippen molar-refractivity contribution in [3.05, 3.63) is 48.2 Å². The van der Waals surface area contributed by atoms with Crippen molar-refractivity contribution in [2.24, 2.45) is 11.3 Å². The summed E-state index contributed by atoms with van der Waals surface area (Å²) in [6.45, 7) is 5.13. The number of nitrogens with zero attached hydrogens (tertiary/aromatic N) is 5. The van der Waals surface area contributed by atoms with Gasteiger partial charge in [0.15, 0.2) is 10.8 Å². The first-order valence-corrected chi connectivity index (χ1v) is 15.6. The zero-order valence-electron chi connectivity index (χ0n) is 23.7. The van der Waals surface area contributed by atoms with Crippen LogP contribution in [0.25, 0.3) is 5.82 Å². The van der Waals surface area contributed by atoms with E-state index in [4.69, 9.17) is 9.72 Å². The number of rotatable bonds is 5. The minimum absolute atomic E-state index is 0.0675. The summed E-state index contributed by atoms with van der Waals surface area (Å²) in [6, 6.07) is 9.10. The van der Waals surface area contributed by atoms with Crippen LogP contribution in [0.15, 0.2) is 47.6 Å². The van der Waals surface area contributed by atoms with Gasteiger partial charge in [0, 0.05) is 30.9 Å². The number of anilines is 2. The van der Waals surface area contributed by atoms with Gasteiger partial charge in [-0.3, -0.25) is 4.79 Å². The molecule has 11 nitrogen and oxygen atoms in total. The molecule has 1 atom stereocenters. The van der Waals surface area contributed by atoms with E-state index in [-0.39, 0.29) is 48.3 Å². The second kappa shape index (κ2) is 10.4. The van der Waals surface area contributed by atoms with E-state index in [2.05, 4.69) is 20.1 Å². The Kier molecular flexibility index (Phi) is 7.05. The number of ether oxygens (including phenoxy) is 1. The van der Waals surface area contributed by atoms with Gasteiger partial charge in [-0.25, -0.2) is 19.4 Å². The average Bonchev–Trinajstić information content (AvgIpc) is 3.49. The first-order valence-electron chi connectivity index (χ1n) is 14.1. The number of hydrogen-bond donors (Lipinski definition) is 2. The molecule has 1 unspecified atom stereocenters. The van der Waals surface area contributed by atoms with Crippen molar-refractivity contribution in [1.82, 2.24) is 24.5 Å². The van der Waals surface area contributed by atoms with E-state index in [9.17, 15) is 26.4 Å². The van der Waals surface area contributed by atoms with E-state index in [1.54, 1.807) is 18.3 Å². The van der Waals surface area contributed by atoms with Crippen LogP contribution >= 0.6 is 0 Å². The molecule has 3 aliphatic rings. The fourth-order valence-corrected chi connectivity index (χ4v) is 6.82. The Morgan fingerprint density at radius 3 is 2.65 bits per heavy atom. The topological polar surface area (TPSA) is 131 Å². The summed E-state index contributed by atoms with van der Waals surface area (Å²) in [5.41, 5.74) is -2.00. The molecule has 0 aromatic carbocycles. The van der Waals surface area contributed by atoms with E-state index in [0.29, 0.717) is 30.5 Å². The van der Waals surface area contributed by atoms with Crippen molar-refractivity contribution < 1.29 is 31.1 Å². The Balaban J connectivity index is 1.30. The van der Waals surface area contributed by atoms with E-state index >= 15 is 0 Å². The Bertz CT molecular complexity index is 1650. The first kappa shape index (κ1) is 29.2. The van der Waals surface area contributed by atoms with E-state index in [1.807, 2.05) is 18.7 Å². The maximum Gasteiger partial charge on any atom is 0.394 e. The lowest BCUT2D eigenvalue weighted by atomic mass is 9.94. The zero-order valence-corrected chi connectivity index (χ0v) is 24.5.